The third-order valence-corrected chi connectivity index (χ3v) is 7.43. The minimum Gasteiger partial charge on any atom is -0.497 e. The van der Waals surface area contributed by atoms with Gasteiger partial charge in [-0.2, -0.15) is 0 Å². The number of likely N-dealkylation sites (tertiary alicyclic amines) is 1. The Labute approximate surface area is 280 Å². The van der Waals surface area contributed by atoms with Crippen LogP contribution in [0, 0.1) is 0 Å². The van der Waals surface area contributed by atoms with E-state index in [1.54, 1.807) is 32.9 Å². The van der Waals surface area contributed by atoms with E-state index in [0.29, 0.717) is 25.0 Å². The van der Waals surface area contributed by atoms with Crippen LogP contribution in [-0.4, -0.2) is 91.1 Å². The number of Topliss-reactive ketones (excluding diaryl/α,β-unsaturated/α-hetero) is 1. The molecule has 1 aliphatic heterocycles. The molecule has 0 bridgehead atoms. The molecule has 1 aliphatic rings. The first-order chi connectivity index (χ1) is 22.8. The number of ketones is 1. The van der Waals surface area contributed by atoms with Gasteiger partial charge < -0.3 is 41.2 Å². The van der Waals surface area contributed by atoms with E-state index in [0.717, 1.165) is 5.56 Å². The number of carbonyl (C=O) groups excluding carboxylic acids is 5. The van der Waals surface area contributed by atoms with Gasteiger partial charge in [-0.15, -0.1) is 0 Å². The van der Waals surface area contributed by atoms with Crippen molar-refractivity contribution in [1.29, 1.82) is 0 Å². The highest BCUT2D eigenvalue weighted by molar-refractivity contribution is 5.96. The topological polar surface area (TPSA) is 205 Å². The van der Waals surface area contributed by atoms with Crippen LogP contribution >= 0.6 is 0 Å². The van der Waals surface area contributed by atoms with Crippen molar-refractivity contribution in [3.05, 3.63) is 65.7 Å². The van der Waals surface area contributed by atoms with Gasteiger partial charge in [0.05, 0.1) is 18.7 Å². The molecule has 6 N–H and O–H groups in total. The van der Waals surface area contributed by atoms with Gasteiger partial charge in [-0.05, 0) is 76.3 Å². The lowest BCUT2D eigenvalue weighted by molar-refractivity contribution is -0.141. The number of methoxy groups -OCH3 is 1. The Kier molecular flexibility index (Phi) is 13.8. The third-order valence-electron chi connectivity index (χ3n) is 7.43. The molecule has 260 valence electrons. The number of hydrogen-bond donors (Lipinski definition) is 4. The van der Waals surface area contributed by atoms with Crippen LogP contribution in [0.2, 0.25) is 0 Å². The van der Waals surface area contributed by atoms with E-state index in [1.807, 2.05) is 30.3 Å². The van der Waals surface area contributed by atoms with Crippen molar-refractivity contribution in [2.24, 2.45) is 16.5 Å². The Hall–Kier alpha value is -5.14. The molecule has 2 aromatic rings. The number of aliphatic imine (C=N–C) groups is 1. The van der Waals surface area contributed by atoms with Crippen molar-refractivity contribution in [1.82, 2.24) is 15.5 Å². The largest absolute Gasteiger partial charge is 0.497 e. The summed E-state index contributed by atoms with van der Waals surface area (Å²) in [6.45, 7) is 5.05. The van der Waals surface area contributed by atoms with Gasteiger partial charge in [0.15, 0.2) is 18.3 Å². The summed E-state index contributed by atoms with van der Waals surface area (Å²) in [7, 11) is 1.50. The van der Waals surface area contributed by atoms with Crippen molar-refractivity contribution >= 4 is 35.6 Å². The summed E-state index contributed by atoms with van der Waals surface area (Å²) in [4.78, 5) is 71.5. The molecule has 0 unspecified atom stereocenters. The second kappa shape index (κ2) is 17.7. The molecular weight excluding hydrogens is 620 g/mol. The van der Waals surface area contributed by atoms with Crippen LogP contribution in [0.4, 0.5) is 4.79 Å². The Morgan fingerprint density at radius 1 is 0.979 bits per heavy atom. The first-order valence-corrected chi connectivity index (χ1v) is 15.8. The monoisotopic (exact) mass is 666 g/mol. The van der Waals surface area contributed by atoms with E-state index >= 15 is 0 Å². The summed E-state index contributed by atoms with van der Waals surface area (Å²) in [6, 6.07) is 12.4. The molecule has 1 heterocycles. The van der Waals surface area contributed by atoms with Crippen LogP contribution in [0.3, 0.4) is 0 Å². The van der Waals surface area contributed by atoms with E-state index in [9.17, 15) is 24.0 Å². The number of ether oxygens (including phenoxy) is 3. The molecule has 0 radical (unpaired) electrons. The maximum Gasteiger partial charge on any atom is 0.408 e. The Morgan fingerprint density at radius 2 is 1.67 bits per heavy atom. The van der Waals surface area contributed by atoms with E-state index in [-0.39, 0.29) is 37.5 Å². The molecule has 3 amide bonds. The number of nitrogens with zero attached hydrogens (tertiary/aromatic N) is 2. The van der Waals surface area contributed by atoms with Crippen LogP contribution in [0.1, 0.15) is 62.4 Å². The average Bonchev–Trinajstić information content (AvgIpc) is 3.54. The van der Waals surface area contributed by atoms with Gasteiger partial charge in [0, 0.05) is 19.5 Å². The molecule has 3 rings (SSSR count). The summed E-state index contributed by atoms with van der Waals surface area (Å²) in [5, 5.41) is 5.44. The van der Waals surface area contributed by atoms with E-state index < -0.39 is 60.0 Å². The minimum absolute atomic E-state index is 0.111. The number of nitrogens with two attached hydrogens (primary N) is 2. The maximum absolute atomic E-state index is 13.9. The lowest BCUT2D eigenvalue weighted by Gasteiger charge is -2.30. The Bertz CT molecular complexity index is 1440. The van der Waals surface area contributed by atoms with Gasteiger partial charge in [0.25, 0.3) is 0 Å². The van der Waals surface area contributed by atoms with Crippen molar-refractivity contribution in [3.63, 3.8) is 0 Å². The number of hydrogen-bond acceptors (Lipinski definition) is 9. The first kappa shape index (κ1) is 37.3. The normalized spacial score (nSPS) is 15.4. The van der Waals surface area contributed by atoms with Crippen LogP contribution in [0.15, 0.2) is 59.6 Å². The SMILES string of the molecule is COc1ccc(C(=O)OCC(=O)[C@H](CCCN=C(N)N)NC(=O)[C@@H]2CCCN2C(=O)[C@@H](Cc2ccccc2)NC(=O)OC(C)(C)C)cc1. The molecule has 0 saturated carbocycles. The van der Waals surface area contributed by atoms with Crippen LogP contribution in [-0.2, 0) is 30.3 Å². The summed E-state index contributed by atoms with van der Waals surface area (Å²) >= 11 is 0. The van der Waals surface area contributed by atoms with Gasteiger partial charge in [-0.3, -0.25) is 19.4 Å². The second-order valence-corrected chi connectivity index (χ2v) is 12.4. The van der Waals surface area contributed by atoms with Gasteiger partial charge >= 0.3 is 12.1 Å². The van der Waals surface area contributed by atoms with Gasteiger partial charge in [-0.1, -0.05) is 30.3 Å². The number of carbonyl (C=O) groups is 5. The van der Waals surface area contributed by atoms with Crippen LogP contribution in [0.5, 0.6) is 5.75 Å². The fourth-order valence-corrected chi connectivity index (χ4v) is 5.14. The number of amides is 3. The molecule has 48 heavy (non-hydrogen) atoms. The zero-order valence-corrected chi connectivity index (χ0v) is 27.9. The van der Waals surface area contributed by atoms with Gasteiger partial charge in [-0.25, -0.2) is 9.59 Å². The second-order valence-electron chi connectivity index (χ2n) is 12.4. The third kappa shape index (κ3) is 11.9. The maximum atomic E-state index is 13.9. The highest BCUT2D eigenvalue weighted by Gasteiger charge is 2.39. The summed E-state index contributed by atoms with van der Waals surface area (Å²) in [6.07, 6.45) is 0.800. The molecule has 0 spiro atoms. The summed E-state index contributed by atoms with van der Waals surface area (Å²) in [5.41, 5.74) is 11.1. The molecular formula is C34H46N6O8. The highest BCUT2D eigenvalue weighted by Crippen LogP contribution is 2.21. The quantitative estimate of drug-likeness (QED) is 0.0943. The van der Waals surface area contributed by atoms with Crippen molar-refractivity contribution < 1.29 is 38.2 Å². The van der Waals surface area contributed by atoms with Gasteiger partial charge in [0.1, 0.15) is 23.4 Å². The highest BCUT2D eigenvalue weighted by atomic mass is 16.6. The summed E-state index contributed by atoms with van der Waals surface area (Å²) in [5.74, 6) is -1.81. The lowest BCUT2D eigenvalue weighted by atomic mass is 10.0. The standard InChI is InChI=1S/C34H46N6O8/c1-34(2,3)48-33(45)39-26(20-22-10-6-5-7-11-22)30(43)40-19-9-13-27(40)29(42)38-25(12-8-18-37-32(35)36)28(41)21-47-31(44)23-14-16-24(46-4)17-15-23/h5-7,10-11,14-17,25-27H,8-9,12-13,18-21H2,1-4H3,(H,38,42)(H,39,45)(H4,35,36,37)/t25-,26+,27-/m0/s1. The number of alkyl carbamates (subject to hydrolysis) is 1. The minimum atomic E-state index is -1.05. The fourth-order valence-electron chi connectivity index (χ4n) is 5.14. The average molecular weight is 667 g/mol. The van der Waals surface area contributed by atoms with Gasteiger partial charge in [0.2, 0.25) is 11.8 Å². The van der Waals surface area contributed by atoms with Crippen molar-refractivity contribution in [3.8, 4) is 5.75 Å². The lowest BCUT2D eigenvalue weighted by Crippen LogP contribution is -2.56. The molecule has 0 aromatic heterocycles. The number of benzene rings is 2. The molecule has 14 nitrogen and oxygen atoms in total. The molecule has 1 fully saturated rings. The number of nitrogens with one attached hydrogen (secondary N) is 2. The number of guanidine groups is 1. The zero-order valence-electron chi connectivity index (χ0n) is 27.9. The Morgan fingerprint density at radius 3 is 2.29 bits per heavy atom. The molecule has 3 atom stereocenters. The fraction of sp³-hybridized carbons (Fsp3) is 0.471. The van der Waals surface area contributed by atoms with Crippen molar-refractivity contribution in [2.75, 3.05) is 26.8 Å². The zero-order chi connectivity index (χ0) is 35.3. The van der Waals surface area contributed by atoms with Crippen molar-refractivity contribution in [2.45, 2.75) is 76.6 Å². The number of esters is 1. The predicted octanol–water partition coefficient (Wildman–Crippen LogP) is 2.09. The van der Waals surface area contributed by atoms with E-state index in [4.69, 9.17) is 25.7 Å². The smallest absolute Gasteiger partial charge is 0.408 e. The van der Waals surface area contributed by atoms with E-state index in [1.165, 1.54) is 24.1 Å². The first-order valence-electron chi connectivity index (χ1n) is 15.8. The Balaban J connectivity index is 1.73. The molecule has 14 heteroatoms. The molecule has 0 aliphatic carbocycles. The van der Waals surface area contributed by atoms with E-state index in [2.05, 4.69) is 15.6 Å². The van der Waals surface area contributed by atoms with Crippen LogP contribution in [0.25, 0.3) is 0 Å². The molecule has 1 saturated heterocycles. The predicted molar refractivity (Wildman–Crippen MR) is 178 cm³/mol. The molecule has 2 aromatic carbocycles. The number of rotatable bonds is 15. The summed E-state index contributed by atoms with van der Waals surface area (Å²) < 4.78 is 15.8. The van der Waals surface area contributed by atoms with Crippen LogP contribution < -0.4 is 26.8 Å².